The summed E-state index contributed by atoms with van der Waals surface area (Å²) in [6.45, 7) is 0. The smallest absolute Gasteiger partial charge is 0.269 e. The van der Waals surface area contributed by atoms with Crippen molar-refractivity contribution in [2.75, 3.05) is 9.80 Å². The molecule has 6 atom stereocenters. The minimum absolute atomic E-state index is 0.0620. The summed E-state index contributed by atoms with van der Waals surface area (Å²) in [7, 11) is 0. The topological polar surface area (TPSA) is 138 Å². The number of halogens is 1. The highest BCUT2D eigenvalue weighted by Gasteiger charge is 2.70. The van der Waals surface area contributed by atoms with Gasteiger partial charge in [0.2, 0.25) is 23.6 Å². The maximum absolute atomic E-state index is 15.2. The van der Waals surface area contributed by atoms with E-state index in [1.807, 2.05) is 36.4 Å². The Morgan fingerprint density at radius 2 is 1.49 bits per heavy atom. The Balaban J connectivity index is 1.32. The first-order valence-corrected chi connectivity index (χ1v) is 16.3. The van der Waals surface area contributed by atoms with E-state index in [9.17, 15) is 29.6 Å². The molecule has 0 bridgehead atoms. The average molecular weight is 674 g/mol. The van der Waals surface area contributed by atoms with Gasteiger partial charge in [-0.25, -0.2) is 4.90 Å². The number of phenolic OH excluding ortho intramolecular Hbond substituents is 1. The number of amides is 4. The molecule has 1 N–H and O–H groups in total. The fraction of sp³-hybridized carbons (Fsp3) is 0.211. The summed E-state index contributed by atoms with van der Waals surface area (Å²) in [6, 6.07) is 27.6. The molecule has 4 aliphatic rings. The number of hydrogen-bond acceptors (Lipinski definition) is 7. The lowest BCUT2D eigenvalue weighted by Crippen LogP contribution is -2.53. The van der Waals surface area contributed by atoms with Crippen LogP contribution in [0.5, 0.6) is 5.75 Å². The zero-order chi connectivity index (χ0) is 34.2. The number of allylic oxidation sites excluding steroid dienone is 2. The molecule has 1 saturated carbocycles. The van der Waals surface area contributed by atoms with E-state index in [2.05, 4.69) is 0 Å². The zero-order valence-corrected chi connectivity index (χ0v) is 26.6. The highest BCUT2D eigenvalue weighted by molar-refractivity contribution is 6.32. The number of rotatable bonds is 5. The normalized spacial score (nSPS) is 27.4. The van der Waals surface area contributed by atoms with E-state index in [1.54, 1.807) is 42.5 Å². The Labute approximate surface area is 285 Å². The van der Waals surface area contributed by atoms with Crippen molar-refractivity contribution in [2.45, 2.75) is 24.2 Å². The molecule has 244 valence electrons. The molecule has 3 fully saturated rings. The summed E-state index contributed by atoms with van der Waals surface area (Å²) in [6.07, 6.45) is 2.21. The van der Waals surface area contributed by atoms with Crippen LogP contribution in [0.15, 0.2) is 115 Å². The van der Waals surface area contributed by atoms with Gasteiger partial charge in [0.05, 0.1) is 39.5 Å². The summed E-state index contributed by atoms with van der Waals surface area (Å²) < 4.78 is 0. The van der Waals surface area contributed by atoms with Crippen LogP contribution in [0.25, 0.3) is 0 Å². The summed E-state index contributed by atoms with van der Waals surface area (Å²) in [5, 5.41) is 23.0. The fourth-order valence-electron chi connectivity index (χ4n) is 8.80. The molecule has 4 amide bonds. The second-order valence-corrected chi connectivity index (χ2v) is 13.4. The molecule has 6 unspecified atom stereocenters. The monoisotopic (exact) mass is 673 g/mol. The van der Waals surface area contributed by atoms with Crippen molar-refractivity contribution in [3.63, 3.8) is 0 Å². The van der Waals surface area contributed by atoms with Gasteiger partial charge in [-0.2, -0.15) is 0 Å². The molecule has 4 aromatic rings. The van der Waals surface area contributed by atoms with Crippen LogP contribution in [0, 0.1) is 33.8 Å². The van der Waals surface area contributed by atoms with Crippen molar-refractivity contribution in [1.29, 1.82) is 0 Å². The van der Waals surface area contributed by atoms with Crippen LogP contribution in [0.4, 0.5) is 17.1 Å². The number of nitrogens with zero attached hydrogens (tertiary/aromatic N) is 3. The molecule has 0 aromatic heterocycles. The predicted molar refractivity (Wildman–Crippen MR) is 180 cm³/mol. The van der Waals surface area contributed by atoms with Crippen molar-refractivity contribution in [3.8, 4) is 5.75 Å². The van der Waals surface area contributed by atoms with Gasteiger partial charge in [-0.1, -0.05) is 77.8 Å². The Kier molecular flexibility index (Phi) is 7.04. The number of nitro groups is 1. The lowest BCUT2D eigenvalue weighted by molar-refractivity contribution is -0.384. The maximum Gasteiger partial charge on any atom is 0.269 e. The van der Waals surface area contributed by atoms with E-state index in [1.165, 1.54) is 35.2 Å². The van der Waals surface area contributed by atoms with E-state index < -0.39 is 63.6 Å². The molecular weight excluding hydrogens is 646 g/mol. The molecule has 2 heterocycles. The molecule has 0 spiro atoms. The summed E-state index contributed by atoms with van der Waals surface area (Å²) in [4.78, 5) is 71.2. The first-order valence-electron chi connectivity index (χ1n) is 15.9. The van der Waals surface area contributed by atoms with E-state index >= 15 is 4.79 Å². The summed E-state index contributed by atoms with van der Waals surface area (Å²) in [5.41, 5.74) is 0.606. The first kappa shape index (κ1) is 30.7. The molecule has 2 saturated heterocycles. The number of imide groups is 2. The van der Waals surface area contributed by atoms with Crippen molar-refractivity contribution in [1.82, 2.24) is 0 Å². The van der Waals surface area contributed by atoms with Crippen LogP contribution < -0.4 is 9.80 Å². The molecule has 2 aliphatic carbocycles. The molecule has 49 heavy (non-hydrogen) atoms. The third-order valence-electron chi connectivity index (χ3n) is 10.7. The van der Waals surface area contributed by atoms with E-state index in [0.717, 1.165) is 4.90 Å². The predicted octanol–water partition coefficient (Wildman–Crippen LogP) is 6.32. The van der Waals surface area contributed by atoms with Gasteiger partial charge < -0.3 is 5.11 Å². The number of anilines is 2. The summed E-state index contributed by atoms with van der Waals surface area (Å²) >= 11 is 6.35. The Morgan fingerprint density at radius 1 is 0.776 bits per heavy atom. The van der Waals surface area contributed by atoms with E-state index in [4.69, 9.17) is 11.6 Å². The van der Waals surface area contributed by atoms with Crippen LogP contribution in [0.3, 0.4) is 0 Å². The van der Waals surface area contributed by atoms with Gasteiger partial charge in [0, 0.05) is 28.6 Å². The minimum atomic E-state index is -1.50. The standard InChI is InChI=1S/C38H28ClN3O7/c39-22-9-6-10-25(19-22)41-35(45)30-20-29-26(17-18-28-32(29)36(46)40(34(28)44)23-13-15-24(16-14-23)42(48)49)33(27-11-4-5-12-31(27)43)38(30,37(41)47)21-7-2-1-3-8-21/h1-17,19,28-30,32-33,43H,18,20H2. The summed E-state index contributed by atoms with van der Waals surface area (Å²) in [5.74, 6) is -5.92. The Morgan fingerprint density at radius 3 is 2.18 bits per heavy atom. The van der Waals surface area contributed by atoms with Gasteiger partial charge in [-0.05, 0) is 60.7 Å². The average Bonchev–Trinajstić information content (AvgIpc) is 3.49. The molecule has 0 radical (unpaired) electrons. The lowest BCUT2D eigenvalue weighted by atomic mass is 9.49. The molecule has 11 heteroatoms. The molecular formula is C38H28ClN3O7. The van der Waals surface area contributed by atoms with Crippen LogP contribution in [-0.2, 0) is 24.6 Å². The number of carbonyl (C=O) groups excluding carboxylic acids is 4. The second-order valence-electron chi connectivity index (χ2n) is 12.9. The number of carbonyl (C=O) groups is 4. The lowest BCUT2D eigenvalue weighted by Gasteiger charge is -2.50. The zero-order valence-electron chi connectivity index (χ0n) is 25.8. The number of nitro benzene ring substituents is 1. The second kappa shape index (κ2) is 11.2. The number of benzene rings is 4. The third-order valence-corrected chi connectivity index (χ3v) is 11.0. The molecule has 4 aromatic carbocycles. The van der Waals surface area contributed by atoms with Crippen molar-refractivity contribution >= 4 is 52.3 Å². The molecule has 2 aliphatic heterocycles. The number of aromatic hydroxyl groups is 1. The number of hydrogen-bond donors (Lipinski definition) is 1. The Hall–Kier alpha value is -5.61. The van der Waals surface area contributed by atoms with Crippen LogP contribution in [-0.4, -0.2) is 33.7 Å². The van der Waals surface area contributed by atoms with Gasteiger partial charge in [-0.3, -0.25) is 34.2 Å². The maximum atomic E-state index is 15.2. The largest absolute Gasteiger partial charge is 0.508 e. The van der Waals surface area contributed by atoms with E-state index in [-0.39, 0.29) is 30.0 Å². The van der Waals surface area contributed by atoms with Gasteiger partial charge >= 0.3 is 0 Å². The van der Waals surface area contributed by atoms with Gasteiger partial charge in [0.1, 0.15) is 5.75 Å². The van der Waals surface area contributed by atoms with Gasteiger partial charge in [-0.15, -0.1) is 0 Å². The van der Waals surface area contributed by atoms with Gasteiger partial charge in [0.15, 0.2) is 0 Å². The van der Waals surface area contributed by atoms with Crippen molar-refractivity contribution in [2.24, 2.45) is 23.7 Å². The number of non-ortho nitro benzene ring substituents is 1. The molecule has 10 nitrogen and oxygen atoms in total. The highest BCUT2D eigenvalue weighted by atomic mass is 35.5. The quantitative estimate of drug-likeness (QED) is 0.113. The van der Waals surface area contributed by atoms with Crippen LogP contribution in [0.2, 0.25) is 5.02 Å². The first-order chi connectivity index (χ1) is 23.6. The SMILES string of the molecule is O=C1C2CC=C3C(CC4C(=O)N(c5cccc(Cl)c5)C(=O)C4(c4ccccc4)C3c3ccccc3O)C2C(=O)N1c1ccc([N+](=O)[O-])cc1. The highest BCUT2D eigenvalue weighted by Crippen LogP contribution is 2.65. The van der Waals surface area contributed by atoms with Crippen LogP contribution >= 0.6 is 11.6 Å². The Bertz CT molecular complexity index is 2120. The van der Waals surface area contributed by atoms with E-state index in [0.29, 0.717) is 27.4 Å². The number of para-hydroxylation sites is 1. The number of fused-ring (bicyclic) bond motifs is 4. The van der Waals surface area contributed by atoms with Gasteiger partial charge in [0.25, 0.3) is 5.69 Å². The fourth-order valence-corrected chi connectivity index (χ4v) is 8.98. The minimum Gasteiger partial charge on any atom is -0.508 e. The number of phenols is 1. The third kappa shape index (κ3) is 4.33. The van der Waals surface area contributed by atoms with Crippen molar-refractivity contribution in [3.05, 3.63) is 141 Å². The molecule has 8 rings (SSSR count). The van der Waals surface area contributed by atoms with Crippen molar-refractivity contribution < 1.29 is 29.2 Å². The van der Waals surface area contributed by atoms with Crippen LogP contribution in [0.1, 0.15) is 29.9 Å².